The third-order valence-electron chi connectivity index (χ3n) is 3.57. The number of hydrogen-bond donors (Lipinski definition) is 1. The van der Waals surface area contributed by atoms with E-state index in [9.17, 15) is 0 Å². The summed E-state index contributed by atoms with van der Waals surface area (Å²) in [5, 5.41) is 3.33. The van der Waals surface area contributed by atoms with Crippen molar-refractivity contribution in [3.63, 3.8) is 0 Å². The highest BCUT2D eigenvalue weighted by molar-refractivity contribution is 5.31. The molecule has 1 radical (unpaired) electrons. The van der Waals surface area contributed by atoms with Crippen molar-refractivity contribution in [2.24, 2.45) is 0 Å². The van der Waals surface area contributed by atoms with E-state index in [4.69, 9.17) is 0 Å². The summed E-state index contributed by atoms with van der Waals surface area (Å²) in [6.45, 7) is 3.99. The summed E-state index contributed by atoms with van der Waals surface area (Å²) in [6.07, 6.45) is 5.89. The van der Waals surface area contributed by atoms with Gasteiger partial charge in [-0.15, -0.1) is 0 Å². The zero-order valence-electron chi connectivity index (χ0n) is 11.5. The van der Waals surface area contributed by atoms with Crippen molar-refractivity contribution in [1.82, 2.24) is 15.3 Å². The molecule has 20 heavy (non-hydrogen) atoms. The van der Waals surface area contributed by atoms with Crippen LogP contribution in [0.15, 0.2) is 36.7 Å². The molecule has 1 aromatic heterocycles. The third kappa shape index (κ3) is 3.33. The van der Waals surface area contributed by atoms with Gasteiger partial charge in [0.2, 0.25) is 5.95 Å². The number of nitrogens with one attached hydrogen (secondary N) is 1. The average Bonchev–Trinajstić information content (AvgIpc) is 2.55. The van der Waals surface area contributed by atoms with Gasteiger partial charge in [-0.25, -0.2) is 9.97 Å². The molecule has 0 amide bonds. The second kappa shape index (κ2) is 6.48. The number of benzene rings is 1. The SMILES string of the molecule is [c]1cccc(CCc2cnc(N3CCNCC3)nc2)c1. The van der Waals surface area contributed by atoms with Crippen molar-refractivity contribution in [3.8, 4) is 0 Å². The van der Waals surface area contributed by atoms with Crippen LogP contribution in [-0.4, -0.2) is 36.1 Å². The normalized spacial score (nSPS) is 15.3. The minimum atomic E-state index is 0.850. The highest BCUT2D eigenvalue weighted by atomic mass is 15.3. The highest BCUT2D eigenvalue weighted by Crippen LogP contribution is 2.10. The molecule has 2 heterocycles. The molecular formula is C16H19N4. The Hall–Kier alpha value is -1.94. The molecule has 1 fully saturated rings. The van der Waals surface area contributed by atoms with Crippen LogP contribution in [0.5, 0.6) is 0 Å². The van der Waals surface area contributed by atoms with Crippen LogP contribution in [0.25, 0.3) is 0 Å². The largest absolute Gasteiger partial charge is 0.338 e. The molecule has 1 aliphatic rings. The summed E-state index contributed by atoms with van der Waals surface area (Å²) in [5.74, 6) is 0.850. The fraction of sp³-hybridized carbons (Fsp3) is 0.375. The first-order valence-electron chi connectivity index (χ1n) is 7.13. The van der Waals surface area contributed by atoms with E-state index in [1.165, 1.54) is 11.1 Å². The van der Waals surface area contributed by atoms with E-state index >= 15 is 0 Å². The van der Waals surface area contributed by atoms with Gasteiger partial charge in [0.25, 0.3) is 0 Å². The van der Waals surface area contributed by atoms with Gasteiger partial charge in [0.15, 0.2) is 0 Å². The molecule has 0 saturated carbocycles. The topological polar surface area (TPSA) is 41.1 Å². The molecule has 0 bridgehead atoms. The summed E-state index contributed by atoms with van der Waals surface area (Å²) in [7, 11) is 0. The van der Waals surface area contributed by atoms with Gasteiger partial charge in [0.05, 0.1) is 0 Å². The van der Waals surface area contributed by atoms with Gasteiger partial charge in [-0.2, -0.15) is 0 Å². The van der Waals surface area contributed by atoms with Crippen molar-refractivity contribution in [2.75, 3.05) is 31.1 Å². The van der Waals surface area contributed by atoms with Crippen molar-refractivity contribution in [1.29, 1.82) is 0 Å². The Bertz CT molecular complexity index is 518. The lowest BCUT2D eigenvalue weighted by atomic mass is 10.1. The Morgan fingerprint density at radius 2 is 1.85 bits per heavy atom. The Morgan fingerprint density at radius 1 is 1.10 bits per heavy atom. The Morgan fingerprint density at radius 3 is 2.55 bits per heavy atom. The van der Waals surface area contributed by atoms with Gasteiger partial charge in [0, 0.05) is 38.6 Å². The lowest BCUT2D eigenvalue weighted by Crippen LogP contribution is -2.44. The maximum absolute atomic E-state index is 4.49. The molecule has 1 aliphatic heterocycles. The van der Waals surface area contributed by atoms with Crippen LogP contribution in [0.3, 0.4) is 0 Å². The molecule has 0 spiro atoms. The Kier molecular flexibility index (Phi) is 4.23. The lowest BCUT2D eigenvalue weighted by molar-refractivity contribution is 0.579. The van der Waals surface area contributed by atoms with Gasteiger partial charge >= 0.3 is 0 Å². The maximum atomic E-state index is 4.49. The standard InChI is InChI=1S/C16H19N4/c1-2-4-14(5-3-1)6-7-15-12-18-16(19-13-15)20-10-8-17-9-11-20/h1-2,4-5,12-13,17H,6-11H2. The lowest BCUT2D eigenvalue weighted by Gasteiger charge is -2.27. The molecule has 1 N–H and O–H groups in total. The predicted octanol–water partition coefficient (Wildman–Crippen LogP) is 1.47. The van der Waals surface area contributed by atoms with Gasteiger partial charge < -0.3 is 10.2 Å². The smallest absolute Gasteiger partial charge is 0.225 e. The fourth-order valence-electron chi connectivity index (χ4n) is 2.38. The number of aromatic nitrogens is 2. The van der Waals surface area contributed by atoms with E-state index in [1.807, 2.05) is 30.6 Å². The van der Waals surface area contributed by atoms with Crippen LogP contribution in [0.2, 0.25) is 0 Å². The second-order valence-corrected chi connectivity index (χ2v) is 5.04. The molecular weight excluding hydrogens is 248 g/mol. The van der Waals surface area contributed by atoms with Crippen molar-refractivity contribution < 1.29 is 0 Å². The minimum Gasteiger partial charge on any atom is -0.338 e. The number of hydrogen-bond acceptors (Lipinski definition) is 4. The molecule has 103 valence electrons. The van der Waals surface area contributed by atoms with Gasteiger partial charge in [-0.05, 0) is 30.0 Å². The number of piperazine rings is 1. The third-order valence-corrected chi connectivity index (χ3v) is 3.57. The average molecular weight is 267 g/mol. The minimum absolute atomic E-state index is 0.850. The van der Waals surface area contributed by atoms with Crippen LogP contribution in [0.4, 0.5) is 5.95 Å². The summed E-state index contributed by atoms with van der Waals surface area (Å²) < 4.78 is 0. The van der Waals surface area contributed by atoms with E-state index in [1.54, 1.807) is 0 Å². The number of anilines is 1. The fourth-order valence-corrected chi connectivity index (χ4v) is 2.38. The quantitative estimate of drug-likeness (QED) is 0.911. The van der Waals surface area contributed by atoms with Crippen LogP contribution in [0, 0.1) is 6.07 Å². The first-order valence-corrected chi connectivity index (χ1v) is 7.13. The van der Waals surface area contributed by atoms with Gasteiger partial charge in [-0.3, -0.25) is 0 Å². The Balaban J connectivity index is 1.58. The van der Waals surface area contributed by atoms with E-state index in [0.717, 1.165) is 45.0 Å². The first-order chi connectivity index (χ1) is 9.92. The number of nitrogens with zero attached hydrogens (tertiary/aromatic N) is 3. The molecule has 4 heteroatoms. The van der Waals surface area contributed by atoms with Crippen LogP contribution in [0.1, 0.15) is 11.1 Å². The number of rotatable bonds is 4. The zero-order valence-corrected chi connectivity index (χ0v) is 11.5. The molecule has 0 unspecified atom stereocenters. The van der Waals surface area contributed by atoms with Crippen LogP contribution in [-0.2, 0) is 12.8 Å². The van der Waals surface area contributed by atoms with E-state index < -0.39 is 0 Å². The number of aryl methyl sites for hydroxylation is 2. The maximum Gasteiger partial charge on any atom is 0.225 e. The summed E-state index contributed by atoms with van der Waals surface area (Å²) in [6, 6.07) is 11.2. The molecule has 2 aromatic rings. The van der Waals surface area contributed by atoms with Crippen molar-refractivity contribution in [2.45, 2.75) is 12.8 Å². The second-order valence-electron chi connectivity index (χ2n) is 5.04. The van der Waals surface area contributed by atoms with Gasteiger partial charge in [-0.1, -0.05) is 24.3 Å². The van der Waals surface area contributed by atoms with Crippen molar-refractivity contribution in [3.05, 3.63) is 53.9 Å². The molecule has 1 aromatic carbocycles. The zero-order chi connectivity index (χ0) is 13.6. The summed E-state index contributed by atoms with van der Waals surface area (Å²) >= 11 is 0. The first kappa shape index (κ1) is 13.1. The Labute approximate surface area is 119 Å². The van der Waals surface area contributed by atoms with Crippen molar-refractivity contribution >= 4 is 5.95 Å². The predicted molar refractivity (Wildman–Crippen MR) is 79.8 cm³/mol. The monoisotopic (exact) mass is 267 g/mol. The molecule has 0 aliphatic carbocycles. The summed E-state index contributed by atoms with van der Waals surface area (Å²) in [4.78, 5) is 11.2. The van der Waals surface area contributed by atoms with E-state index in [2.05, 4.69) is 32.3 Å². The van der Waals surface area contributed by atoms with E-state index in [0.29, 0.717) is 0 Å². The summed E-state index contributed by atoms with van der Waals surface area (Å²) in [5.41, 5.74) is 2.49. The van der Waals surface area contributed by atoms with Crippen LogP contribution >= 0.6 is 0 Å². The molecule has 0 atom stereocenters. The molecule has 3 rings (SSSR count). The molecule has 4 nitrogen and oxygen atoms in total. The van der Waals surface area contributed by atoms with Crippen LogP contribution < -0.4 is 10.2 Å². The van der Waals surface area contributed by atoms with E-state index in [-0.39, 0.29) is 0 Å². The van der Waals surface area contributed by atoms with Gasteiger partial charge in [0.1, 0.15) is 0 Å². The molecule has 1 saturated heterocycles. The highest BCUT2D eigenvalue weighted by Gasteiger charge is 2.12.